The second kappa shape index (κ2) is 7.22. The summed E-state index contributed by atoms with van der Waals surface area (Å²) in [4.78, 5) is 24.4. The molecule has 0 saturated carbocycles. The molecule has 29 heavy (non-hydrogen) atoms. The molecule has 0 aliphatic carbocycles. The second-order valence-corrected chi connectivity index (χ2v) is 8.82. The van der Waals surface area contributed by atoms with Gasteiger partial charge < -0.3 is 4.52 Å². The molecule has 6 nitrogen and oxygen atoms in total. The van der Waals surface area contributed by atoms with Gasteiger partial charge in [0.25, 0.3) is 11.4 Å². The number of aromatic nitrogens is 4. The van der Waals surface area contributed by atoms with Crippen molar-refractivity contribution < 1.29 is 4.52 Å². The van der Waals surface area contributed by atoms with Crippen LogP contribution in [0.25, 0.3) is 31.7 Å². The van der Waals surface area contributed by atoms with Crippen LogP contribution in [0.15, 0.2) is 57.4 Å². The Hall–Kier alpha value is -2.81. The van der Waals surface area contributed by atoms with Crippen molar-refractivity contribution in [2.75, 3.05) is 0 Å². The van der Waals surface area contributed by atoms with E-state index in [0.29, 0.717) is 33.5 Å². The number of fused-ring (bicyclic) bond motifs is 1. The Labute approximate surface area is 178 Å². The largest absolute Gasteiger partial charge is 0.333 e. The van der Waals surface area contributed by atoms with Gasteiger partial charge in [-0.25, -0.2) is 4.98 Å². The molecule has 0 fully saturated rings. The van der Waals surface area contributed by atoms with Gasteiger partial charge in [-0.05, 0) is 41.6 Å². The summed E-state index contributed by atoms with van der Waals surface area (Å²) < 4.78 is 7.07. The van der Waals surface area contributed by atoms with Gasteiger partial charge in [-0.3, -0.25) is 9.36 Å². The third kappa shape index (κ3) is 3.29. The maximum atomic E-state index is 13.1. The lowest BCUT2D eigenvalue weighted by atomic mass is 10.2. The van der Waals surface area contributed by atoms with Gasteiger partial charge in [0.1, 0.15) is 4.83 Å². The molecular formula is C20H13ClN4O2S2. The molecule has 1 aromatic carbocycles. The molecule has 0 spiro atoms. The van der Waals surface area contributed by atoms with Crippen molar-refractivity contribution in [1.82, 2.24) is 19.7 Å². The highest BCUT2D eigenvalue weighted by Crippen LogP contribution is 2.36. The number of hydrogen-bond acceptors (Lipinski definition) is 7. The van der Waals surface area contributed by atoms with E-state index in [1.165, 1.54) is 11.3 Å². The Kier molecular flexibility index (Phi) is 4.54. The van der Waals surface area contributed by atoms with Crippen LogP contribution in [0.2, 0.25) is 5.02 Å². The predicted octanol–water partition coefficient (Wildman–Crippen LogP) is 5.25. The van der Waals surface area contributed by atoms with E-state index in [9.17, 15) is 4.79 Å². The number of nitrogens with zero attached hydrogens (tertiary/aromatic N) is 4. The second-order valence-electron chi connectivity index (χ2n) is 6.44. The van der Waals surface area contributed by atoms with Gasteiger partial charge in [0.15, 0.2) is 0 Å². The Morgan fingerprint density at radius 1 is 1.21 bits per heavy atom. The van der Waals surface area contributed by atoms with Crippen LogP contribution in [-0.4, -0.2) is 19.7 Å². The molecule has 0 bridgehead atoms. The average molecular weight is 441 g/mol. The molecule has 0 amide bonds. The van der Waals surface area contributed by atoms with E-state index >= 15 is 0 Å². The molecule has 0 unspecified atom stereocenters. The van der Waals surface area contributed by atoms with Crippen molar-refractivity contribution in [3.8, 4) is 21.5 Å². The molecule has 9 heteroatoms. The first kappa shape index (κ1) is 18.2. The number of benzene rings is 1. The highest BCUT2D eigenvalue weighted by Gasteiger charge is 2.20. The minimum atomic E-state index is -0.0945. The maximum Gasteiger partial charge on any atom is 0.268 e. The number of halogens is 1. The van der Waals surface area contributed by atoms with E-state index in [1.807, 2.05) is 48.7 Å². The average Bonchev–Trinajstić information content (AvgIpc) is 3.45. The molecule has 0 N–H and O–H groups in total. The van der Waals surface area contributed by atoms with Gasteiger partial charge in [0.2, 0.25) is 5.82 Å². The number of rotatable bonds is 4. The molecule has 4 aromatic heterocycles. The normalized spacial score (nSPS) is 11.4. The molecule has 4 heterocycles. The lowest BCUT2D eigenvalue weighted by molar-refractivity contribution is 0.433. The summed E-state index contributed by atoms with van der Waals surface area (Å²) in [6.45, 7) is 2.31. The summed E-state index contributed by atoms with van der Waals surface area (Å²) in [7, 11) is 0. The minimum Gasteiger partial charge on any atom is -0.333 e. The van der Waals surface area contributed by atoms with Crippen molar-refractivity contribution >= 4 is 44.5 Å². The lowest BCUT2D eigenvalue weighted by Gasteiger charge is -2.05. The van der Waals surface area contributed by atoms with Gasteiger partial charge in [0.05, 0.1) is 28.0 Å². The first-order valence-electron chi connectivity index (χ1n) is 8.71. The molecule has 0 aliphatic heterocycles. The highest BCUT2D eigenvalue weighted by atomic mass is 35.5. The van der Waals surface area contributed by atoms with Gasteiger partial charge in [-0.15, -0.1) is 22.7 Å². The minimum absolute atomic E-state index is 0.0945. The zero-order valence-electron chi connectivity index (χ0n) is 15.1. The van der Waals surface area contributed by atoms with Crippen molar-refractivity contribution in [3.05, 3.63) is 74.6 Å². The van der Waals surface area contributed by atoms with Crippen molar-refractivity contribution in [2.24, 2.45) is 0 Å². The van der Waals surface area contributed by atoms with E-state index in [2.05, 4.69) is 15.1 Å². The SMILES string of the molecule is Cc1c(-c2nc(-c3cccs3)no2)sc2ncn(Cc3ccc(Cl)cc3)c(=O)c12. The van der Waals surface area contributed by atoms with E-state index in [0.717, 1.165) is 20.9 Å². The van der Waals surface area contributed by atoms with Gasteiger partial charge in [-0.1, -0.05) is 35.0 Å². The molecule has 0 aliphatic rings. The Balaban J connectivity index is 1.56. The van der Waals surface area contributed by atoms with E-state index in [-0.39, 0.29) is 5.56 Å². The zero-order chi connectivity index (χ0) is 20.0. The fourth-order valence-corrected chi connectivity index (χ4v) is 4.92. The van der Waals surface area contributed by atoms with Crippen LogP contribution in [0.1, 0.15) is 11.1 Å². The quantitative estimate of drug-likeness (QED) is 0.381. The molecule has 0 radical (unpaired) electrons. The fourth-order valence-electron chi connectivity index (χ4n) is 3.08. The van der Waals surface area contributed by atoms with E-state index in [1.54, 1.807) is 22.2 Å². The van der Waals surface area contributed by atoms with Crippen LogP contribution in [0.4, 0.5) is 0 Å². The molecular weight excluding hydrogens is 428 g/mol. The van der Waals surface area contributed by atoms with Gasteiger partial charge >= 0.3 is 0 Å². The third-order valence-corrected chi connectivity index (χ3v) is 6.85. The van der Waals surface area contributed by atoms with E-state index in [4.69, 9.17) is 16.1 Å². The summed E-state index contributed by atoms with van der Waals surface area (Å²) in [5.74, 6) is 0.942. The molecule has 144 valence electrons. The number of hydrogen-bond donors (Lipinski definition) is 0. The van der Waals surface area contributed by atoms with Crippen LogP contribution in [-0.2, 0) is 6.54 Å². The summed E-state index contributed by atoms with van der Waals surface area (Å²) in [6.07, 6.45) is 1.57. The number of aryl methyl sites for hydroxylation is 1. The maximum absolute atomic E-state index is 13.1. The standard InChI is InChI=1S/C20H13ClN4O2S2/c1-11-15-19(22-10-25(20(15)26)9-12-4-6-13(21)7-5-12)29-16(11)18-23-17(24-27-18)14-3-2-8-28-14/h2-8,10H,9H2,1H3. The molecule has 0 saturated heterocycles. The Morgan fingerprint density at radius 2 is 2.03 bits per heavy atom. The smallest absolute Gasteiger partial charge is 0.268 e. The topological polar surface area (TPSA) is 73.8 Å². The summed E-state index contributed by atoms with van der Waals surface area (Å²) in [5.41, 5.74) is 1.68. The zero-order valence-corrected chi connectivity index (χ0v) is 17.5. The summed E-state index contributed by atoms with van der Waals surface area (Å²) in [6, 6.07) is 11.3. The van der Waals surface area contributed by atoms with E-state index < -0.39 is 0 Å². The monoisotopic (exact) mass is 440 g/mol. The van der Waals surface area contributed by atoms with Gasteiger partial charge in [-0.2, -0.15) is 4.98 Å². The third-order valence-electron chi connectivity index (χ3n) is 4.55. The van der Waals surface area contributed by atoms with Crippen LogP contribution in [0, 0.1) is 6.92 Å². The Bertz CT molecular complexity index is 1370. The van der Waals surface area contributed by atoms with Crippen molar-refractivity contribution in [1.29, 1.82) is 0 Å². The summed E-state index contributed by atoms with van der Waals surface area (Å²) in [5, 5.41) is 7.27. The molecule has 0 atom stereocenters. The molecule has 5 aromatic rings. The first-order chi connectivity index (χ1) is 14.1. The van der Waals surface area contributed by atoms with Crippen LogP contribution < -0.4 is 5.56 Å². The van der Waals surface area contributed by atoms with Crippen LogP contribution in [0.5, 0.6) is 0 Å². The van der Waals surface area contributed by atoms with Gasteiger partial charge in [0, 0.05) is 5.02 Å². The predicted molar refractivity (Wildman–Crippen MR) is 116 cm³/mol. The van der Waals surface area contributed by atoms with Crippen molar-refractivity contribution in [2.45, 2.75) is 13.5 Å². The lowest BCUT2D eigenvalue weighted by Crippen LogP contribution is -2.21. The Morgan fingerprint density at radius 3 is 2.79 bits per heavy atom. The fraction of sp³-hybridized carbons (Fsp3) is 0.100. The first-order valence-corrected chi connectivity index (χ1v) is 10.8. The molecule has 5 rings (SSSR count). The number of thiophene rings is 2. The van der Waals surface area contributed by atoms with Crippen LogP contribution in [0.3, 0.4) is 0 Å². The highest BCUT2D eigenvalue weighted by molar-refractivity contribution is 7.22. The summed E-state index contributed by atoms with van der Waals surface area (Å²) >= 11 is 8.87. The van der Waals surface area contributed by atoms with Crippen molar-refractivity contribution in [3.63, 3.8) is 0 Å². The van der Waals surface area contributed by atoms with Crippen LogP contribution >= 0.6 is 34.3 Å².